The summed E-state index contributed by atoms with van der Waals surface area (Å²) in [5.41, 5.74) is 2.12. The Labute approximate surface area is 165 Å². The van der Waals surface area contributed by atoms with E-state index in [4.69, 9.17) is 0 Å². The Bertz CT molecular complexity index is 795. The second-order valence-electron chi connectivity index (χ2n) is 6.50. The van der Waals surface area contributed by atoms with Crippen LogP contribution in [0.4, 0.5) is 8.78 Å². The summed E-state index contributed by atoms with van der Waals surface area (Å²) in [7, 11) is 0. The van der Waals surface area contributed by atoms with E-state index in [-0.39, 0.29) is 18.2 Å². The van der Waals surface area contributed by atoms with Crippen molar-refractivity contribution in [2.45, 2.75) is 32.5 Å². The minimum absolute atomic E-state index is 0.0521. The number of hydrogen-bond donors (Lipinski definition) is 1. The lowest BCUT2D eigenvalue weighted by atomic mass is 10.1. The van der Waals surface area contributed by atoms with Gasteiger partial charge in [-0.1, -0.05) is 28.1 Å². The lowest BCUT2D eigenvalue weighted by Gasteiger charge is -2.15. The maximum absolute atomic E-state index is 12.6. The highest BCUT2D eigenvalue weighted by atomic mass is 79.9. The molecule has 0 aromatic heterocycles. The van der Waals surface area contributed by atoms with Gasteiger partial charge in [-0.2, -0.15) is 8.78 Å². The predicted octanol–water partition coefficient (Wildman–Crippen LogP) is 4.58. The van der Waals surface area contributed by atoms with Gasteiger partial charge in [0.05, 0.1) is 0 Å². The van der Waals surface area contributed by atoms with E-state index in [0.29, 0.717) is 11.1 Å². The second-order valence-corrected chi connectivity index (χ2v) is 7.41. The van der Waals surface area contributed by atoms with Gasteiger partial charge in [-0.3, -0.25) is 9.69 Å². The van der Waals surface area contributed by atoms with Gasteiger partial charge in [0.1, 0.15) is 5.75 Å². The Morgan fingerprint density at radius 3 is 2.70 bits per heavy atom. The number of likely N-dealkylation sites (tertiary alicyclic amines) is 1. The third kappa shape index (κ3) is 5.74. The van der Waals surface area contributed by atoms with Crippen molar-refractivity contribution >= 4 is 21.8 Å². The second kappa shape index (κ2) is 9.28. The van der Waals surface area contributed by atoms with E-state index >= 15 is 0 Å². The molecule has 1 aliphatic heterocycles. The summed E-state index contributed by atoms with van der Waals surface area (Å²) in [6.07, 6.45) is 2.44. The highest BCUT2D eigenvalue weighted by Crippen LogP contribution is 2.25. The topological polar surface area (TPSA) is 41.6 Å². The summed E-state index contributed by atoms with van der Waals surface area (Å²) in [5, 5.41) is 2.78. The average Bonchev–Trinajstić information content (AvgIpc) is 3.14. The molecule has 0 aliphatic carbocycles. The van der Waals surface area contributed by atoms with Gasteiger partial charge in [0, 0.05) is 28.7 Å². The standard InChI is InChI=1S/C20H21BrF2N2O2/c21-17-6-7-18(27-20(22)23)16(11-17)12-24-19(26)15-5-3-4-14(10-15)13-25-8-1-2-9-25/h3-7,10-11,20H,1-2,8-9,12-13H2,(H,24,26). The minimum atomic E-state index is -2.91. The number of alkyl halides is 2. The van der Waals surface area contributed by atoms with Crippen molar-refractivity contribution < 1.29 is 18.3 Å². The summed E-state index contributed by atoms with van der Waals surface area (Å²) in [6.45, 7) is 0.191. The molecule has 2 aromatic carbocycles. The fourth-order valence-corrected chi connectivity index (χ4v) is 3.59. The largest absolute Gasteiger partial charge is 0.434 e. The maximum atomic E-state index is 12.6. The molecule has 0 saturated carbocycles. The van der Waals surface area contributed by atoms with Gasteiger partial charge in [0.15, 0.2) is 0 Å². The fraction of sp³-hybridized carbons (Fsp3) is 0.350. The number of amides is 1. The van der Waals surface area contributed by atoms with Crippen LogP contribution in [0.25, 0.3) is 0 Å². The van der Waals surface area contributed by atoms with Crippen LogP contribution in [-0.4, -0.2) is 30.5 Å². The first-order valence-corrected chi connectivity index (χ1v) is 9.63. The van der Waals surface area contributed by atoms with Crippen molar-refractivity contribution in [3.8, 4) is 5.75 Å². The molecule has 1 amide bonds. The van der Waals surface area contributed by atoms with E-state index in [9.17, 15) is 13.6 Å². The number of rotatable bonds is 7. The van der Waals surface area contributed by atoms with Crippen molar-refractivity contribution in [1.29, 1.82) is 0 Å². The lowest BCUT2D eigenvalue weighted by molar-refractivity contribution is -0.0504. The molecule has 0 bridgehead atoms. The van der Waals surface area contributed by atoms with Crippen LogP contribution >= 0.6 is 15.9 Å². The van der Waals surface area contributed by atoms with Gasteiger partial charge in [-0.15, -0.1) is 0 Å². The van der Waals surface area contributed by atoms with Crippen LogP contribution < -0.4 is 10.1 Å². The Hall–Kier alpha value is -1.99. The van der Waals surface area contributed by atoms with Crippen LogP contribution in [0.1, 0.15) is 34.3 Å². The number of nitrogens with zero attached hydrogens (tertiary/aromatic N) is 1. The van der Waals surface area contributed by atoms with E-state index in [0.717, 1.165) is 29.7 Å². The number of halogens is 3. The van der Waals surface area contributed by atoms with Gasteiger partial charge in [-0.25, -0.2) is 0 Å². The van der Waals surface area contributed by atoms with E-state index in [2.05, 4.69) is 30.9 Å². The molecule has 3 rings (SSSR count). The quantitative estimate of drug-likeness (QED) is 0.687. The monoisotopic (exact) mass is 438 g/mol. The summed E-state index contributed by atoms with van der Waals surface area (Å²) in [5.74, 6) is -0.197. The Morgan fingerprint density at radius 1 is 1.19 bits per heavy atom. The highest BCUT2D eigenvalue weighted by molar-refractivity contribution is 9.10. The lowest BCUT2D eigenvalue weighted by Crippen LogP contribution is -2.24. The maximum Gasteiger partial charge on any atom is 0.387 e. The molecule has 0 spiro atoms. The highest BCUT2D eigenvalue weighted by Gasteiger charge is 2.14. The van der Waals surface area contributed by atoms with Crippen LogP contribution in [0.3, 0.4) is 0 Å². The van der Waals surface area contributed by atoms with Crippen LogP contribution in [0.15, 0.2) is 46.9 Å². The van der Waals surface area contributed by atoms with Crippen LogP contribution in [-0.2, 0) is 13.1 Å². The van der Waals surface area contributed by atoms with Gasteiger partial charge < -0.3 is 10.1 Å². The third-order valence-corrected chi connectivity index (χ3v) is 4.97. The first kappa shape index (κ1) is 19.8. The van der Waals surface area contributed by atoms with Crippen molar-refractivity contribution in [2.75, 3.05) is 13.1 Å². The predicted molar refractivity (Wildman–Crippen MR) is 103 cm³/mol. The van der Waals surface area contributed by atoms with E-state index in [1.807, 2.05) is 18.2 Å². The zero-order valence-corrected chi connectivity index (χ0v) is 16.3. The summed E-state index contributed by atoms with van der Waals surface area (Å²) < 4.78 is 30.3. The smallest absolute Gasteiger partial charge is 0.387 e. The number of hydrogen-bond acceptors (Lipinski definition) is 3. The molecule has 2 aromatic rings. The van der Waals surface area contributed by atoms with Crippen LogP contribution in [0.2, 0.25) is 0 Å². The molecule has 0 radical (unpaired) electrons. The molecule has 27 heavy (non-hydrogen) atoms. The molecule has 1 N–H and O–H groups in total. The van der Waals surface area contributed by atoms with E-state index in [1.165, 1.54) is 18.9 Å². The van der Waals surface area contributed by atoms with Gasteiger partial charge in [0.2, 0.25) is 0 Å². The van der Waals surface area contributed by atoms with Crippen molar-refractivity contribution in [1.82, 2.24) is 10.2 Å². The normalized spacial score (nSPS) is 14.5. The van der Waals surface area contributed by atoms with Crippen molar-refractivity contribution in [2.24, 2.45) is 0 Å². The van der Waals surface area contributed by atoms with Crippen molar-refractivity contribution in [3.05, 3.63) is 63.6 Å². The molecule has 0 atom stereocenters. The Kier molecular flexibility index (Phi) is 6.79. The zero-order chi connectivity index (χ0) is 19.2. The van der Waals surface area contributed by atoms with Gasteiger partial charge >= 0.3 is 6.61 Å². The first-order chi connectivity index (χ1) is 13.0. The molecule has 7 heteroatoms. The third-order valence-electron chi connectivity index (χ3n) is 4.47. The summed E-state index contributed by atoms with van der Waals surface area (Å²) >= 11 is 3.31. The Balaban J connectivity index is 1.65. The SMILES string of the molecule is O=C(NCc1cc(Br)ccc1OC(F)F)c1cccc(CN2CCCC2)c1. The number of nitrogens with one attached hydrogen (secondary N) is 1. The molecule has 144 valence electrons. The number of carbonyl (C=O) groups is 1. The van der Waals surface area contributed by atoms with E-state index in [1.54, 1.807) is 18.2 Å². The molecule has 4 nitrogen and oxygen atoms in total. The molecular weight excluding hydrogens is 418 g/mol. The summed E-state index contributed by atoms with van der Waals surface area (Å²) in [4.78, 5) is 14.9. The zero-order valence-electron chi connectivity index (χ0n) is 14.8. The average molecular weight is 439 g/mol. The molecule has 0 unspecified atom stereocenters. The number of carbonyl (C=O) groups excluding carboxylic acids is 1. The summed E-state index contributed by atoms with van der Waals surface area (Å²) in [6, 6.07) is 12.2. The molecule has 1 saturated heterocycles. The molecule has 1 heterocycles. The van der Waals surface area contributed by atoms with Crippen molar-refractivity contribution in [3.63, 3.8) is 0 Å². The number of ether oxygens (including phenoxy) is 1. The van der Waals surface area contributed by atoms with Crippen LogP contribution in [0.5, 0.6) is 5.75 Å². The van der Waals surface area contributed by atoms with E-state index < -0.39 is 6.61 Å². The molecule has 1 fully saturated rings. The Morgan fingerprint density at radius 2 is 1.96 bits per heavy atom. The molecular formula is C20H21BrF2N2O2. The van der Waals surface area contributed by atoms with Gasteiger partial charge in [-0.05, 0) is 61.8 Å². The number of benzene rings is 2. The fourth-order valence-electron chi connectivity index (χ4n) is 3.18. The molecule has 1 aliphatic rings. The minimum Gasteiger partial charge on any atom is -0.434 e. The van der Waals surface area contributed by atoms with Gasteiger partial charge in [0.25, 0.3) is 5.91 Å². The van der Waals surface area contributed by atoms with Crippen LogP contribution in [0, 0.1) is 0 Å². The first-order valence-electron chi connectivity index (χ1n) is 8.84.